The Morgan fingerprint density at radius 1 is 0.609 bits per heavy atom. The molecule has 11 atom stereocenters. The molecule has 8 N–H and O–H groups in total. The Balaban J connectivity index is 2.98. The van der Waals surface area contributed by atoms with Gasteiger partial charge in [-0.05, 0) is 44.4 Å². The number of ether oxygens (including phenoxy) is 1. The molecule has 1 aliphatic heterocycles. The highest BCUT2D eigenvalue weighted by Gasteiger charge is 2.27. The number of allylic oxidation sites excluding steroid dienone is 8. The summed E-state index contributed by atoms with van der Waals surface area (Å²) in [5.41, 5.74) is 0. The number of cyclic esters (lactones) is 1. The monoisotopic (exact) mass is 650 g/mol. The van der Waals surface area contributed by atoms with Gasteiger partial charge in [0.2, 0.25) is 0 Å². The highest BCUT2D eigenvalue weighted by Crippen LogP contribution is 2.22. The van der Waals surface area contributed by atoms with E-state index in [1.807, 2.05) is 20.8 Å². The quantitative estimate of drug-likeness (QED) is 0.155. The second-order valence-corrected chi connectivity index (χ2v) is 12.8. The van der Waals surface area contributed by atoms with Gasteiger partial charge in [0, 0.05) is 24.3 Å². The standard InChI is InChI=1S/C36H58O10/c1-24(2)36-25(3)16-17-27(37)18-28(38)19-29(39)20-30(40)21-31(41)22-32(42)23-34(44)26(4)33(43)14-12-10-8-6-5-7-9-11-13-15-35(45)46-36/h5-13,15-17,24-34,36-44H,14,18-23H2,1-4H3/b7-5+,8-6+,11-9+,12-10+,15-13-,17-16+. The summed E-state index contributed by atoms with van der Waals surface area (Å²) in [7, 11) is 0. The molecular weight excluding hydrogens is 592 g/mol. The van der Waals surface area contributed by atoms with Crippen molar-refractivity contribution in [3.63, 3.8) is 0 Å². The van der Waals surface area contributed by atoms with Crippen LogP contribution in [0.25, 0.3) is 0 Å². The zero-order valence-corrected chi connectivity index (χ0v) is 27.7. The normalized spacial score (nSPS) is 40.4. The van der Waals surface area contributed by atoms with Crippen molar-refractivity contribution >= 4 is 5.97 Å². The third-order valence-corrected chi connectivity index (χ3v) is 8.01. The summed E-state index contributed by atoms with van der Waals surface area (Å²) in [6.45, 7) is 7.40. The predicted octanol–water partition coefficient (Wildman–Crippen LogP) is 2.80. The lowest BCUT2D eigenvalue weighted by Crippen LogP contribution is -2.34. The lowest BCUT2D eigenvalue weighted by atomic mass is 9.90. The number of aliphatic hydroxyl groups excluding tert-OH is 8. The zero-order valence-electron chi connectivity index (χ0n) is 27.7. The first kappa shape index (κ1) is 41.6. The summed E-state index contributed by atoms with van der Waals surface area (Å²) >= 11 is 0. The van der Waals surface area contributed by atoms with Crippen LogP contribution in [0.3, 0.4) is 0 Å². The maximum Gasteiger partial charge on any atom is 0.331 e. The highest BCUT2D eigenvalue weighted by molar-refractivity contribution is 5.82. The topological polar surface area (TPSA) is 188 Å². The molecule has 10 heteroatoms. The molecule has 1 rings (SSSR count). The maximum absolute atomic E-state index is 12.4. The average Bonchev–Trinajstić information content (AvgIpc) is 2.95. The molecule has 0 bridgehead atoms. The van der Waals surface area contributed by atoms with E-state index in [4.69, 9.17) is 4.74 Å². The molecule has 0 aliphatic carbocycles. The molecule has 10 nitrogen and oxygen atoms in total. The molecule has 0 amide bonds. The number of rotatable bonds is 1. The molecule has 0 aromatic carbocycles. The molecular formula is C36H58O10. The van der Waals surface area contributed by atoms with E-state index in [1.165, 1.54) is 12.2 Å². The van der Waals surface area contributed by atoms with Crippen molar-refractivity contribution in [3.05, 3.63) is 72.9 Å². The van der Waals surface area contributed by atoms with Crippen LogP contribution in [0.1, 0.15) is 72.6 Å². The summed E-state index contributed by atoms with van der Waals surface area (Å²) in [4.78, 5) is 12.4. The summed E-state index contributed by atoms with van der Waals surface area (Å²) < 4.78 is 5.65. The molecule has 1 heterocycles. The Kier molecular flexibility index (Phi) is 20.8. The lowest BCUT2D eigenvalue weighted by molar-refractivity contribution is -0.147. The van der Waals surface area contributed by atoms with Gasteiger partial charge in [0.25, 0.3) is 0 Å². The van der Waals surface area contributed by atoms with E-state index in [2.05, 4.69) is 0 Å². The molecule has 46 heavy (non-hydrogen) atoms. The van der Waals surface area contributed by atoms with Crippen molar-refractivity contribution in [2.24, 2.45) is 17.8 Å². The maximum atomic E-state index is 12.4. The van der Waals surface area contributed by atoms with E-state index < -0.39 is 66.8 Å². The minimum Gasteiger partial charge on any atom is -0.458 e. The molecule has 0 saturated heterocycles. The highest BCUT2D eigenvalue weighted by atomic mass is 16.5. The first-order chi connectivity index (χ1) is 21.7. The Labute approximate surface area is 274 Å². The Hall–Kier alpha value is -2.41. The fraction of sp³-hybridized carbons (Fsp3) is 0.639. The van der Waals surface area contributed by atoms with Crippen molar-refractivity contribution < 1.29 is 50.4 Å². The summed E-state index contributed by atoms with van der Waals surface area (Å²) in [5.74, 6) is -1.25. The molecule has 11 unspecified atom stereocenters. The van der Waals surface area contributed by atoms with Crippen LogP contribution in [-0.4, -0.2) is 102 Å². The van der Waals surface area contributed by atoms with Crippen molar-refractivity contribution in [2.75, 3.05) is 0 Å². The third kappa shape index (κ3) is 18.7. The van der Waals surface area contributed by atoms with Crippen LogP contribution < -0.4 is 0 Å². The van der Waals surface area contributed by atoms with Gasteiger partial charge in [-0.1, -0.05) is 94.5 Å². The van der Waals surface area contributed by atoms with Crippen LogP contribution >= 0.6 is 0 Å². The van der Waals surface area contributed by atoms with Gasteiger partial charge < -0.3 is 45.6 Å². The van der Waals surface area contributed by atoms with Crippen LogP contribution in [0.15, 0.2) is 72.9 Å². The molecule has 0 saturated carbocycles. The molecule has 0 aromatic rings. The Bertz CT molecular complexity index is 1020. The van der Waals surface area contributed by atoms with Crippen molar-refractivity contribution in [3.8, 4) is 0 Å². The predicted molar refractivity (Wildman–Crippen MR) is 178 cm³/mol. The number of carbonyl (C=O) groups excluding carboxylic acids is 1. The van der Waals surface area contributed by atoms with Crippen molar-refractivity contribution in [2.45, 2.75) is 128 Å². The molecule has 262 valence electrons. The number of esters is 1. The van der Waals surface area contributed by atoms with E-state index in [0.29, 0.717) is 6.42 Å². The summed E-state index contributed by atoms with van der Waals surface area (Å²) in [5, 5.41) is 83.2. The van der Waals surface area contributed by atoms with Crippen LogP contribution in [0.4, 0.5) is 0 Å². The largest absolute Gasteiger partial charge is 0.458 e. The van der Waals surface area contributed by atoms with E-state index in [9.17, 15) is 45.6 Å². The second kappa shape index (κ2) is 23.0. The van der Waals surface area contributed by atoms with Crippen LogP contribution in [0.2, 0.25) is 0 Å². The van der Waals surface area contributed by atoms with Gasteiger partial charge in [0.15, 0.2) is 0 Å². The Morgan fingerprint density at radius 2 is 1.07 bits per heavy atom. The minimum absolute atomic E-state index is 0.00324. The molecule has 1 aliphatic rings. The van der Waals surface area contributed by atoms with Gasteiger partial charge >= 0.3 is 5.97 Å². The van der Waals surface area contributed by atoms with Gasteiger partial charge in [-0.25, -0.2) is 4.79 Å². The number of carbonyl (C=O) groups is 1. The van der Waals surface area contributed by atoms with Gasteiger partial charge in [0.05, 0.1) is 48.8 Å². The molecule has 0 aromatic heterocycles. The average molecular weight is 651 g/mol. The summed E-state index contributed by atoms with van der Waals surface area (Å²) in [6, 6.07) is 0. The van der Waals surface area contributed by atoms with E-state index in [0.717, 1.165) is 0 Å². The van der Waals surface area contributed by atoms with Crippen LogP contribution in [0, 0.1) is 17.8 Å². The lowest BCUT2D eigenvalue weighted by Gasteiger charge is -2.26. The smallest absolute Gasteiger partial charge is 0.331 e. The van der Waals surface area contributed by atoms with Gasteiger partial charge in [-0.3, -0.25) is 0 Å². The number of aliphatic hydroxyl groups is 8. The number of hydrogen-bond donors (Lipinski definition) is 8. The first-order valence-corrected chi connectivity index (χ1v) is 16.4. The van der Waals surface area contributed by atoms with Gasteiger partial charge in [-0.2, -0.15) is 0 Å². The van der Waals surface area contributed by atoms with Crippen LogP contribution in [0.5, 0.6) is 0 Å². The number of hydrogen-bond acceptors (Lipinski definition) is 10. The minimum atomic E-state index is -1.10. The summed E-state index contributed by atoms with van der Waals surface area (Å²) in [6.07, 6.45) is 11.3. The molecule has 0 fully saturated rings. The molecule has 0 spiro atoms. The molecule has 0 radical (unpaired) electrons. The van der Waals surface area contributed by atoms with E-state index in [-0.39, 0.29) is 50.4 Å². The van der Waals surface area contributed by atoms with E-state index >= 15 is 0 Å². The fourth-order valence-corrected chi connectivity index (χ4v) is 5.31. The van der Waals surface area contributed by atoms with Gasteiger partial charge in [0.1, 0.15) is 6.10 Å². The van der Waals surface area contributed by atoms with Crippen molar-refractivity contribution in [1.29, 1.82) is 0 Å². The Morgan fingerprint density at radius 3 is 1.59 bits per heavy atom. The third-order valence-electron chi connectivity index (χ3n) is 8.01. The fourth-order valence-electron chi connectivity index (χ4n) is 5.31. The van der Waals surface area contributed by atoms with E-state index in [1.54, 1.807) is 67.7 Å². The van der Waals surface area contributed by atoms with Crippen molar-refractivity contribution in [1.82, 2.24) is 0 Å². The second-order valence-electron chi connectivity index (χ2n) is 12.8. The van der Waals surface area contributed by atoms with Gasteiger partial charge in [-0.15, -0.1) is 0 Å². The first-order valence-electron chi connectivity index (χ1n) is 16.4. The zero-order chi connectivity index (χ0) is 34.6. The van der Waals surface area contributed by atoms with Crippen LogP contribution in [-0.2, 0) is 9.53 Å². The SMILES string of the molecule is CC(C)C1OC(=O)\C=C/C=C/C=C/C=C/C=C/CC(O)C(C)C(O)CC(O)CC(O)CC(O)CC(O)CC(O)CC(O)/C=C/C1C.